The van der Waals surface area contributed by atoms with Crippen molar-refractivity contribution < 1.29 is 4.21 Å². The van der Waals surface area contributed by atoms with Crippen LogP contribution in [-0.4, -0.2) is 28.8 Å². The molecule has 0 aliphatic heterocycles. The van der Waals surface area contributed by atoms with Crippen LogP contribution in [0.2, 0.25) is 0 Å². The van der Waals surface area contributed by atoms with Crippen LogP contribution in [0.1, 0.15) is 64.2 Å². The Balaban J connectivity index is 1.76. The Hall–Kier alpha value is 0.110. The van der Waals surface area contributed by atoms with Crippen molar-refractivity contribution in [1.82, 2.24) is 5.32 Å². The molecule has 0 amide bonds. The van der Waals surface area contributed by atoms with E-state index in [2.05, 4.69) is 5.32 Å². The van der Waals surface area contributed by atoms with Crippen LogP contribution in [0.15, 0.2) is 0 Å². The van der Waals surface area contributed by atoms with E-state index in [1.807, 2.05) is 6.26 Å². The SMILES string of the molecule is CS(=O)CCCNC1CCCCC1C1CCCCC1. The van der Waals surface area contributed by atoms with Crippen molar-refractivity contribution in [1.29, 1.82) is 0 Å². The summed E-state index contributed by atoms with van der Waals surface area (Å²) in [4.78, 5) is 0. The first kappa shape index (κ1) is 15.5. The minimum absolute atomic E-state index is 0.625. The van der Waals surface area contributed by atoms with Crippen LogP contribution in [-0.2, 0) is 10.8 Å². The maximum atomic E-state index is 11.1. The topological polar surface area (TPSA) is 29.1 Å². The van der Waals surface area contributed by atoms with Crippen LogP contribution < -0.4 is 5.32 Å². The van der Waals surface area contributed by atoms with E-state index in [9.17, 15) is 4.21 Å². The Labute approximate surface area is 121 Å². The third kappa shape index (κ3) is 5.18. The van der Waals surface area contributed by atoms with Gasteiger partial charge in [-0.2, -0.15) is 0 Å². The lowest BCUT2D eigenvalue weighted by Crippen LogP contribution is -2.43. The molecular weight excluding hydrogens is 254 g/mol. The highest BCUT2D eigenvalue weighted by Crippen LogP contribution is 2.38. The average Bonchev–Trinajstić information content (AvgIpc) is 2.45. The second-order valence-electron chi connectivity index (χ2n) is 6.54. The summed E-state index contributed by atoms with van der Waals surface area (Å²) >= 11 is 0. The molecule has 0 aromatic rings. The minimum Gasteiger partial charge on any atom is -0.314 e. The molecule has 3 atom stereocenters. The highest BCUT2D eigenvalue weighted by atomic mass is 32.2. The van der Waals surface area contributed by atoms with Gasteiger partial charge in [-0.05, 0) is 37.6 Å². The van der Waals surface area contributed by atoms with Gasteiger partial charge in [0.2, 0.25) is 0 Å². The Bertz CT molecular complexity index is 276. The third-order valence-corrected chi connectivity index (χ3v) is 5.95. The van der Waals surface area contributed by atoms with Crippen molar-refractivity contribution in [3.63, 3.8) is 0 Å². The number of rotatable bonds is 6. The van der Waals surface area contributed by atoms with Crippen molar-refractivity contribution in [2.45, 2.75) is 70.3 Å². The predicted octanol–water partition coefficient (Wildman–Crippen LogP) is 3.48. The molecule has 2 nitrogen and oxygen atoms in total. The summed E-state index contributed by atoms with van der Waals surface area (Å²) in [7, 11) is -0.625. The molecular formula is C16H31NOS. The molecule has 0 bridgehead atoms. The lowest BCUT2D eigenvalue weighted by atomic mass is 9.71. The van der Waals surface area contributed by atoms with E-state index >= 15 is 0 Å². The fraction of sp³-hybridized carbons (Fsp3) is 1.00. The summed E-state index contributed by atoms with van der Waals surface area (Å²) < 4.78 is 11.1. The van der Waals surface area contributed by atoms with Gasteiger partial charge in [0.05, 0.1) is 0 Å². The summed E-state index contributed by atoms with van der Waals surface area (Å²) in [5, 5.41) is 3.79. The molecule has 0 aromatic heterocycles. The van der Waals surface area contributed by atoms with E-state index in [-0.39, 0.29) is 0 Å². The molecule has 2 rings (SSSR count). The number of hydrogen-bond acceptors (Lipinski definition) is 2. The Kier molecular flexibility index (Phi) is 6.86. The fourth-order valence-corrected chi connectivity index (χ4v) is 4.65. The molecule has 0 spiro atoms. The van der Waals surface area contributed by atoms with E-state index in [0.717, 1.165) is 36.6 Å². The van der Waals surface area contributed by atoms with Crippen molar-refractivity contribution >= 4 is 10.8 Å². The van der Waals surface area contributed by atoms with E-state index in [0.29, 0.717) is 0 Å². The second kappa shape index (κ2) is 8.41. The standard InChI is InChI=1S/C16H31NOS/c1-19(18)13-7-12-17-16-11-6-5-10-15(16)14-8-3-2-4-9-14/h14-17H,2-13H2,1H3. The molecule has 2 saturated carbocycles. The minimum atomic E-state index is -0.625. The zero-order valence-corrected chi connectivity index (χ0v) is 13.4. The van der Waals surface area contributed by atoms with Crippen LogP contribution in [0.5, 0.6) is 0 Å². The van der Waals surface area contributed by atoms with E-state index in [1.54, 1.807) is 0 Å². The molecule has 1 N–H and O–H groups in total. The van der Waals surface area contributed by atoms with Crippen LogP contribution in [0.3, 0.4) is 0 Å². The molecule has 0 aromatic carbocycles. The van der Waals surface area contributed by atoms with Crippen LogP contribution in [0.4, 0.5) is 0 Å². The van der Waals surface area contributed by atoms with Crippen molar-refractivity contribution in [2.24, 2.45) is 11.8 Å². The molecule has 3 heteroatoms. The average molecular weight is 285 g/mol. The highest BCUT2D eigenvalue weighted by Gasteiger charge is 2.31. The third-order valence-electron chi connectivity index (χ3n) is 5.09. The highest BCUT2D eigenvalue weighted by molar-refractivity contribution is 7.84. The van der Waals surface area contributed by atoms with E-state index < -0.39 is 10.8 Å². The smallest absolute Gasteiger partial charge is 0.0244 e. The Morgan fingerprint density at radius 3 is 2.42 bits per heavy atom. The lowest BCUT2D eigenvalue weighted by molar-refractivity contribution is 0.150. The first-order valence-electron chi connectivity index (χ1n) is 8.31. The van der Waals surface area contributed by atoms with Gasteiger partial charge in [0.1, 0.15) is 0 Å². The fourth-order valence-electron chi connectivity index (χ4n) is 4.10. The molecule has 3 unspecified atom stereocenters. The van der Waals surface area contributed by atoms with Crippen molar-refractivity contribution in [3.8, 4) is 0 Å². The van der Waals surface area contributed by atoms with Gasteiger partial charge in [0, 0.05) is 28.9 Å². The summed E-state index contributed by atoms with van der Waals surface area (Å²) in [5.74, 6) is 2.78. The van der Waals surface area contributed by atoms with Crippen LogP contribution >= 0.6 is 0 Å². The molecule has 0 saturated heterocycles. The molecule has 2 aliphatic rings. The Morgan fingerprint density at radius 2 is 1.68 bits per heavy atom. The van der Waals surface area contributed by atoms with Gasteiger partial charge in [-0.1, -0.05) is 44.9 Å². The van der Waals surface area contributed by atoms with Gasteiger partial charge in [0.25, 0.3) is 0 Å². The number of nitrogens with one attached hydrogen (secondary N) is 1. The van der Waals surface area contributed by atoms with Crippen LogP contribution in [0, 0.1) is 11.8 Å². The van der Waals surface area contributed by atoms with Gasteiger partial charge < -0.3 is 5.32 Å². The first-order valence-corrected chi connectivity index (χ1v) is 10.0. The quantitative estimate of drug-likeness (QED) is 0.757. The molecule has 2 fully saturated rings. The molecule has 2 aliphatic carbocycles. The summed E-state index contributed by atoms with van der Waals surface area (Å²) in [6, 6.07) is 0.752. The maximum absolute atomic E-state index is 11.1. The summed E-state index contributed by atoms with van der Waals surface area (Å²) in [6.45, 7) is 1.06. The van der Waals surface area contributed by atoms with Crippen LogP contribution in [0.25, 0.3) is 0 Å². The zero-order valence-electron chi connectivity index (χ0n) is 12.5. The predicted molar refractivity (Wildman–Crippen MR) is 83.9 cm³/mol. The zero-order chi connectivity index (χ0) is 13.5. The molecule has 112 valence electrons. The molecule has 0 radical (unpaired) electrons. The molecule has 19 heavy (non-hydrogen) atoms. The first-order chi connectivity index (χ1) is 9.27. The van der Waals surface area contributed by atoms with E-state index in [1.165, 1.54) is 57.8 Å². The van der Waals surface area contributed by atoms with Crippen molar-refractivity contribution in [2.75, 3.05) is 18.6 Å². The Morgan fingerprint density at radius 1 is 1.00 bits per heavy atom. The lowest BCUT2D eigenvalue weighted by Gasteiger charge is -2.39. The van der Waals surface area contributed by atoms with Gasteiger partial charge in [0.15, 0.2) is 0 Å². The van der Waals surface area contributed by atoms with Gasteiger partial charge >= 0.3 is 0 Å². The van der Waals surface area contributed by atoms with E-state index in [4.69, 9.17) is 0 Å². The summed E-state index contributed by atoms with van der Waals surface area (Å²) in [5.41, 5.74) is 0. The van der Waals surface area contributed by atoms with Gasteiger partial charge in [-0.15, -0.1) is 0 Å². The largest absolute Gasteiger partial charge is 0.314 e. The monoisotopic (exact) mass is 285 g/mol. The normalized spacial score (nSPS) is 31.2. The maximum Gasteiger partial charge on any atom is 0.0244 e. The molecule has 0 heterocycles. The summed E-state index contributed by atoms with van der Waals surface area (Å²) in [6.07, 6.45) is 15.9. The van der Waals surface area contributed by atoms with Gasteiger partial charge in [-0.3, -0.25) is 4.21 Å². The number of hydrogen-bond donors (Lipinski definition) is 1. The van der Waals surface area contributed by atoms with Gasteiger partial charge in [-0.25, -0.2) is 0 Å². The van der Waals surface area contributed by atoms with Crippen molar-refractivity contribution in [3.05, 3.63) is 0 Å². The second-order valence-corrected chi connectivity index (χ2v) is 8.09.